The number of rotatable bonds is 6. The number of hydrogen-bond donors (Lipinski definition) is 2. The third kappa shape index (κ3) is 8.59. The van der Waals surface area contributed by atoms with Crippen LogP contribution in [0.4, 0.5) is 0 Å². The SMILES string of the molecule is CC(C)(C)OCC=O.CNC(c1ccc(CO)cc1)C1CCOCC1. The summed E-state index contributed by atoms with van der Waals surface area (Å²) in [6.07, 6.45) is 2.99. The fourth-order valence-corrected chi connectivity index (χ4v) is 2.84. The summed E-state index contributed by atoms with van der Waals surface area (Å²) in [6, 6.07) is 8.62. The van der Waals surface area contributed by atoms with Crippen LogP contribution in [0.15, 0.2) is 24.3 Å². The Morgan fingerprint density at radius 2 is 1.88 bits per heavy atom. The number of aliphatic hydroxyl groups excluding tert-OH is 1. The van der Waals surface area contributed by atoms with Crippen molar-refractivity contribution in [3.63, 3.8) is 0 Å². The van der Waals surface area contributed by atoms with Gasteiger partial charge in [-0.15, -0.1) is 0 Å². The summed E-state index contributed by atoms with van der Waals surface area (Å²) in [5.74, 6) is 0.647. The number of carbonyl (C=O) groups excluding carboxylic acids is 1. The molecule has 2 rings (SSSR count). The maximum atomic E-state index is 9.73. The molecule has 0 bridgehead atoms. The van der Waals surface area contributed by atoms with Gasteiger partial charge in [0, 0.05) is 19.3 Å². The minimum atomic E-state index is -0.180. The van der Waals surface area contributed by atoms with E-state index in [1.54, 1.807) is 0 Å². The molecule has 1 saturated heterocycles. The molecular formula is C20H33NO4. The normalized spacial score (nSPS) is 16.7. The summed E-state index contributed by atoms with van der Waals surface area (Å²) in [6.45, 7) is 7.80. The summed E-state index contributed by atoms with van der Waals surface area (Å²) >= 11 is 0. The zero-order valence-corrected chi connectivity index (χ0v) is 16.0. The molecule has 1 atom stereocenters. The van der Waals surface area contributed by atoms with Gasteiger partial charge in [0.2, 0.25) is 0 Å². The average molecular weight is 351 g/mol. The lowest BCUT2D eigenvalue weighted by molar-refractivity contribution is -0.116. The van der Waals surface area contributed by atoms with Crippen LogP contribution in [0.3, 0.4) is 0 Å². The van der Waals surface area contributed by atoms with Gasteiger partial charge < -0.3 is 24.7 Å². The van der Waals surface area contributed by atoms with Gasteiger partial charge in [0.25, 0.3) is 0 Å². The van der Waals surface area contributed by atoms with E-state index in [9.17, 15) is 4.79 Å². The molecule has 1 aliphatic rings. The van der Waals surface area contributed by atoms with E-state index < -0.39 is 0 Å². The number of aldehydes is 1. The standard InChI is InChI=1S/C14H21NO2.C6H12O2/c1-15-14(13-6-8-17-9-7-13)12-4-2-11(10-16)3-5-12;1-6(2,3)8-5-4-7/h2-5,13-16H,6-10H2,1H3;4H,5H2,1-3H3. The summed E-state index contributed by atoms with van der Waals surface area (Å²) < 4.78 is 10.4. The molecule has 1 aromatic carbocycles. The zero-order chi connectivity index (χ0) is 18.7. The van der Waals surface area contributed by atoms with Gasteiger partial charge in [-0.1, -0.05) is 24.3 Å². The molecule has 1 aliphatic heterocycles. The minimum Gasteiger partial charge on any atom is -0.392 e. The lowest BCUT2D eigenvalue weighted by atomic mass is 9.87. The van der Waals surface area contributed by atoms with E-state index >= 15 is 0 Å². The Morgan fingerprint density at radius 1 is 1.28 bits per heavy atom. The summed E-state index contributed by atoms with van der Waals surface area (Å²) in [5.41, 5.74) is 2.09. The lowest BCUT2D eigenvalue weighted by Crippen LogP contribution is -2.29. The van der Waals surface area contributed by atoms with Gasteiger partial charge in [0.05, 0.1) is 12.2 Å². The van der Waals surface area contributed by atoms with Gasteiger partial charge in [0.1, 0.15) is 12.9 Å². The first-order valence-electron chi connectivity index (χ1n) is 8.93. The first-order chi connectivity index (χ1) is 11.9. The predicted molar refractivity (Wildman–Crippen MR) is 99.5 cm³/mol. The van der Waals surface area contributed by atoms with Crippen LogP contribution in [0, 0.1) is 5.92 Å². The van der Waals surface area contributed by atoms with Crippen LogP contribution in [-0.4, -0.2) is 43.9 Å². The van der Waals surface area contributed by atoms with Crippen LogP contribution in [0.1, 0.15) is 50.8 Å². The van der Waals surface area contributed by atoms with Crippen LogP contribution in [-0.2, 0) is 20.9 Å². The van der Waals surface area contributed by atoms with Crippen molar-refractivity contribution in [1.82, 2.24) is 5.32 Å². The van der Waals surface area contributed by atoms with Crippen molar-refractivity contribution in [3.05, 3.63) is 35.4 Å². The molecule has 1 aromatic rings. The van der Waals surface area contributed by atoms with E-state index in [1.165, 1.54) is 5.56 Å². The molecule has 25 heavy (non-hydrogen) atoms. The summed E-state index contributed by atoms with van der Waals surface area (Å²) in [7, 11) is 2.01. The molecule has 2 N–H and O–H groups in total. The highest BCUT2D eigenvalue weighted by Crippen LogP contribution is 2.29. The van der Waals surface area contributed by atoms with Crippen molar-refractivity contribution in [2.45, 2.75) is 51.9 Å². The first-order valence-corrected chi connectivity index (χ1v) is 8.93. The highest BCUT2D eigenvalue weighted by Gasteiger charge is 2.23. The molecule has 5 heteroatoms. The first kappa shape index (κ1) is 21.8. The second kappa shape index (κ2) is 11.4. The number of aliphatic hydroxyl groups is 1. The van der Waals surface area contributed by atoms with Crippen molar-refractivity contribution in [2.24, 2.45) is 5.92 Å². The molecule has 0 amide bonds. The van der Waals surface area contributed by atoms with Crippen molar-refractivity contribution in [3.8, 4) is 0 Å². The van der Waals surface area contributed by atoms with Gasteiger partial charge in [-0.25, -0.2) is 0 Å². The third-order valence-electron chi connectivity index (χ3n) is 4.15. The van der Waals surface area contributed by atoms with E-state index in [0.29, 0.717) is 12.0 Å². The molecular weight excluding hydrogens is 318 g/mol. The third-order valence-corrected chi connectivity index (χ3v) is 4.15. The maximum Gasteiger partial charge on any atom is 0.145 e. The minimum absolute atomic E-state index is 0.113. The van der Waals surface area contributed by atoms with E-state index in [1.807, 2.05) is 40.0 Å². The molecule has 5 nitrogen and oxygen atoms in total. The van der Waals surface area contributed by atoms with Crippen LogP contribution < -0.4 is 5.32 Å². The number of hydrogen-bond acceptors (Lipinski definition) is 5. The Kier molecular flexibility index (Phi) is 9.90. The number of benzene rings is 1. The van der Waals surface area contributed by atoms with Crippen LogP contribution in [0.5, 0.6) is 0 Å². The van der Waals surface area contributed by atoms with Crippen LogP contribution in [0.25, 0.3) is 0 Å². The van der Waals surface area contributed by atoms with Gasteiger partial charge in [-0.3, -0.25) is 0 Å². The molecule has 0 aliphatic carbocycles. The Bertz CT molecular complexity index is 475. The van der Waals surface area contributed by atoms with E-state index in [-0.39, 0.29) is 18.8 Å². The van der Waals surface area contributed by atoms with E-state index in [0.717, 1.165) is 37.9 Å². The number of ether oxygens (including phenoxy) is 2. The van der Waals surface area contributed by atoms with Gasteiger partial charge in [-0.2, -0.15) is 0 Å². The predicted octanol–water partition coefficient (Wildman–Crippen LogP) is 2.87. The summed E-state index contributed by atoms with van der Waals surface area (Å²) in [4.78, 5) is 9.73. The van der Waals surface area contributed by atoms with E-state index in [4.69, 9.17) is 14.6 Å². The fraction of sp³-hybridized carbons (Fsp3) is 0.650. The molecule has 1 unspecified atom stereocenters. The number of nitrogens with one attached hydrogen (secondary N) is 1. The Labute approximate surface area is 151 Å². The molecule has 0 saturated carbocycles. The van der Waals surface area contributed by atoms with Crippen molar-refractivity contribution in [2.75, 3.05) is 26.9 Å². The van der Waals surface area contributed by atoms with Crippen LogP contribution in [0.2, 0.25) is 0 Å². The molecule has 1 heterocycles. The molecule has 0 spiro atoms. The lowest BCUT2D eigenvalue weighted by Gasteiger charge is -2.30. The van der Waals surface area contributed by atoms with Crippen molar-refractivity contribution in [1.29, 1.82) is 0 Å². The second-order valence-corrected chi connectivity index (χ2v) is 7.21. The molecule has 1 fully saturated rings. The molecule has 142 valence electrons. The van der Waals surface area contributed by atoms with Crippen LogP contribution >= 0.6 is 0 Å². The largest absolute Gasteiger partial charge is 0.392 e. The van der Waals surface area contributed by atoms with Gasteiger partial charge >= 0.3 is 0 Å². The van der Waals surface area contributed by atoms with Crippen molar-refractivity contribution < 1.29 is 19.4 Å². The average Bonchev–Trinajstić information content (AvgIpc) is 2.62. The van der Waals surface area contributed by atoms with Gasteiger partial charge in [-0.05, 0) is 57.7 Å². The monoisotopic (exact) mass is 351 g/mol. The Hall–Kier alpha value is -1.27. The Morgan fingerprint density at radius 3 is 2.28 bits per heavy atom. The van der Waals surface area contributed by atoms with Gasteiger partial charge in [0.15, 0.2) is 0 Å². The highest BCUT2D eigenvalue weighted by atomic mass is 16.5. The highest BCUT2D eigenvalue weighted by molar-refractivity contribution is 5.50. The maximum absolute atomic E-state index is 9.73. The number of carbonyl (C=O) groups is 1. The van der Waals surface area contributed by atoms with E-state index in [2.05, 4.69) is 17.4 Å². The summed E-state index contributed by atoms with van der Waals surface area (Å²) in [5, 5.41) is 12.4. The smallest absolute Gasteiger partial charge is 0.145 e. The zero-order valence-electron chi connectivity index (χ0n) is 16.0. The molecule has 0 radical (unpaired) electrons. The second-order valence-electron chi connectivity index (χ2n) is 7.21. The molecule has 0 aromatic heterocycles. The fourth-order valence-electron chi connectivity index (χ4n) is 2.84. The quantitative estimate of drug-likeness (QED) is 0.772. The topological polar surface area (TPSA) is 67.8 Å². The Balaban J connectivity index is 0.000000333. The van der Waals surface area contributed by atoms with Crippen molar-refractivity contribution >= 4 is 6.29 Å².